The largest absolute Gasteiger partial charge is 0.495 e. The molecule has 0 aromatic heterocycles. The molecule has 9 heteroatoms. The average molecular weight is 441 g/mol. The summed E-state index contributed by atoms with van der Waals surface area (Å²) in [4.78, 5) is 12.3. The summed E-state index contributed by atoms with van der Waals surface area (Å²) in [5.41, 5.74) is 1.96. The summed E-state index contributed by atoms with van der Waals surface area (Å²) in [7, 11) is -0.525. The molecule has 0 saturated heterocycles. The van der Waals surface area contributed by atoms with Gasteiger partial charge in [0, 0.05) is 30.8 Å². The monoisotopic (exact) mass is 440 g/mol. The van der Waals surface area contributed by atoms with Crippen LogP contribution >= 0.6 is 11.6 Å². The van der Waals surface area contributed by atoms with Crippen molar-refractivity contribution in [3.63, 3.8) is 0 Å². The van der Waals surface area contributed by atoms with Crippen molar-refractivity contribution in [2.24, 2.45) is 0 Å². The molecular formula is C20H25ClN2O5S. The van der Waals surface area contributed by atoms with Crippen molar-refractivity contribution >= 4 is 38.9 Å². The van der Waals surface area contributed by atoms with Crippen molar-refractivity contribution in [1.29, 1.82) is 0 Å². The molecule has 0 radical (unpaired) electrons. The van der Waals surface area contributed by atoms with Crippen LogP contribution in [0.4, 0.5) is 11.4 Å². The summed E-state index contributed by atoms with van der Waals surface area (Å²) in [6.45, 7) is 0.571. The SMILES string of the molecule is COCc1cccc(NC(=O)CCCN(c2cc(Cl)ccc2OC)S(C)(=O)=O)c1. The lowest BCUT2D eigenvalue weighted by Gasteiger charge is -2.24. The quantitative estimate of drug-likeness (QED) is 0.609. The highest BCUT2D eigenvalue weighted by Crippen LogP contribution is 2.33. The van der Waals surface area contributed by atoms with Crippen molar-refractivity contribution in [1.82, 2.24) is 0 Å². The van der Waals surface area contributed by atoms with Gasteiger partial charge in [0.25, 0.3) is 0 Å². The van der Waals surface area contributed by atoms with Crippen LogP contribution in [0, 0.1) is 0 Å². The van der Waals surface area contributed by atoms with Crippen molar-refractivity contribution in [3.8, 4) is 5.75 Å². The third kappa shape index (κ3) is 6.92. The third-order valence-corrected chi connectivity index (χ3v) is 5.51. The summed E-state index contributed by atoms with van der Waals surface area (Å²) < 4.78 is 36.1. The summed E-state index contributed by atoms with van der Waals surface area (Å²) in [5.74, 6) is 0.185. The number of ether oxygens (including phenoxy) is 2. The van der Waals surface area contributed by atoms with Crippen molar-refractivity contribution in [3.05, 3.63) is 53.1 Å². The van der Waals surface area contributed by atoms with E-state index in [0.717, 1.165) is 11.8 Å². The van der Waals surface area contributed by atoms with Crippen LogP contribution in [0.5, 0.6) is 5.75 Å². The molecule has 1 amide bonds. The molecule has 0 aliphatic carbocycles. The molecule has 0 atom stereocenters. The van der Waals surface area contributed by atoms with E-state index in [1.807, 2.05) is 18.2 Å². The third-order valence-electron chi connectivity index (χ3n) is 4.10. The lowest BCUT2D eigenvalue weighted by atomic mass is 10.2. The minimum Gasteiger partial charge on any atom is -0.495 e. The Bertz CT molecular complexity index is 950. The van der Waals surface area contributed by atoms with E-state index in [1.54, 1.807) is 25.3 Å². The van der Waals surface area contributed by atoms with E-state index >= 15 is 0 Å². The number of anilines is 2. The molecule has 2 rings (SSSR count). The van der Waals surface area contributed by atoms with Gasteiger partial charge >= 0.3 is 0 Å². The number of nitrogens with one attached hydrogen (secondary N) is 1. The first kappa shape index (κ1) is 23.0. The van der Waals surface area contributed by atoms with Gasteiger partial charge in [-0.2, -0.15) is 0 Å². The second-order valence-electron chi connectivity index (χ2n) is 6.44. The Hall–Kier alpha value is -2.29. The number of amides is 1. The summed E-state index contributed by atoms with van der Waals surface area (Å²) in [6.07, 6.45) is 1.59. The second kappa shape index (κ2) is 10.5. The van der Waals surface area contributed by atoms with E-state index < -0.39 is 10.0 Å². The summed E-state index contributed by atoms with van der Waals surface area (Å²) >= 11 is 6.03. The molecule has 2 aromatic carbocycles. The Labute approximate surface area is 176 Å². The molecule has 0 unspecified atom stereocenters. The Morgan fingerprint density at radius 2 is 1.93 bits per heavy atom. The van der Waals surface area contributed by atoms with Gasteiger partial charge < -0.3 is 14.8 Å². The molecule has 0 bridgehead atoms. The molecule has 29 heavy (non-hydrogen) atoms. The summed E-state index contributed by atoms with van der Waals surface area (Å²) in [6, 6.07) is 12.1. The van der Waals surface area contributed by atoms with E-state index in [-0.39, 0.29) is 18.9 Å². The number of methoxy groups -OCH3 is 2. The highest BCUT2D eigenvalue weighted by atomic mass is 35.5. The van der Waals surface area contributed by atoms with Gasteiger partial charge in [-0.05, 0) is 42.3 Å². The molecule has 0 aliphatic rings. The first-order valence-corrected chi connectivity index (χ1v) is 11.2. The average Bonchev–Trinajstić information content (AvgIpc) is 2.65. The Morgan fingerprint density at radius 1 is 1.17 bits per heavy atom. The van der Waals surface area contributed by atoms with Crippen LogP contribution in [0.2, 0.25) is 5.02 Å². The van der Waals surface area contributed by atoms with E-state index in [1.165, 1.54) is 17.5 Å². The number of rotatable bonds is 10. The van der Waals surface area contributed by atoms with Crippen LogP contribution in [0.25, 0.3) is 0 Å². The molecule has 0 aliphatic heterocycles. The van der Waals surface area contributed by atoms with E-state index in [9.17, 15) is 13.2 Å². The second-order valence-corrected chi connectivity index (χ2v) is 8.78. The highest BCUT2D eigenvalue weighted by molar-refractivity contribution is 7.92. The van der Waals surface area contributed by atoms with Crippen molar-refractivity contribution in [2.45, 2.75) is 19.4 Å². The van der Waals surface area contributed by atoms with Gasteiger partial charge in [0.15, 0.2) is 0 Å². The zero-order valence-corrected chi connectivity index (χ0v) is 18.2. The fraction of sp³-hybridized carbons (Fsp3) is 0.350. The van der Waals surface area contributed by atoms with Gasteiger partial charge in [0.05, 0.1) is 25.7 Å². The minimum atomic E-state index is -3.59. The Balaban J connectivity index is 2.03. The van der Waals surface area contributed by atoms with Gasteiger partial charge in [0.2, 0.25) is 15.9 Å². The molecule has 2 aromatic rings. The normalized spacial score (nSPS) is 11.2. The van der Waals surface area contributed by atoms with Gasteiger partial charge in [-0.15, -0.1) is 0 Å². The fourth-order valence-electron chi connectivity index (χ4n) is 2.84. The maximum atomic E-state index is 12.3. The smallest absolute Gasteiger partial charge is 0.232 e. The first-order chi connectivity index (χ1) is 13.7. The lowest BCUT2D eigenvalue weighted by molar-refractivity contribution is -0.116. The predicted octanol–water partition coefficient (Wildman–Crippen LogP) is 3.68. The molecule has 0 heterocycles. The number of hydrogen-bond acceptors (Lipinski definition) is 5. The number of hydrogen-bond donors (Lipinski definition) is 1. The summed E-state index contributed by atoms with van der Waals surface area (Å²) in [5, 5.41) is 3.21. The van der Waals surface area contributed by atoms with Crippen LogP contribution < -0.4 is 14.4 Å². The number of benzene rings is 2. The predicted molar refractivity (Wildman–Crippen MR) is 115 cm³/mol. The maximum absolute atomic E-state index is 12.3. The van der Waals surface area contributed by atoms with Gasteiger partial charge in [-0.1, -0.05) is 23.7 Å². The van der Waals surface area contributed by atoms with Crippen molar-refractivity contribution < 1.29 is 22.7 Å². The number of halogens is 1. The van der Waals surface area contributed by atoms with Crippen LogP contribution in [-0.4, -0.2) is 41.3 Å². The van der Waals surface area contributed by atoms with Gasteiger partial charge in [0.1, 0.15) is 5.75 Å². The maximum Gasteiger partial charge on any atom is 0.232 e. The zero-order valence-electron chi connectivity index (χ0n) is 16.6. The van der Waals surface area contributed by atoms with Crippen LogP contribution in [0.3, 0.4) is 0 Å². The number of carbonyl (C=O) groups is 1. The minimum absolute atomic E-state index is 0.118. The first-order valence-electron chi connectivity index (χ1n) is 8.93. The van der Waals surface area contributed by atoms with Crippen LogP contribution in [0.15, 0.2) is 42.5 Å². The van der Waals surface area contributed by atoms with Gasteiger partial charge in [-0.3, -0.25) is 9.10 Å². The molecule has 7 nitrogen and oxygen atoms in total. The number of carbonyl (C=O) groups excluding carboxylic acids is 1. The number of nitrogens with zero attached hydrogens (tertiary/aromatic N) is 1. The molecule has 0 spiro atoms. The lowest BCUT2D eigenvalue weighted by Crippen LogP contribution is -2.31. The van der Waals surface area contributed by atoms with E-state index in [4.69, 9.17) is 21.1 Å². The zero-order chi connectivity index (χ0) is 21.4. The highest BCUT2D eigenvalue weighted by Gasteiger charge is 2.21. The topological polar surface area (TPSA) is 84.9 Å². The van der Waals surface area contributed by atoms with E-state index in [0.29, 0.717) is 35.2 Å². The Morgan fingerprint density at radius 3 is 2.59 bits per heavy atom. The van der Waals surface area contributed by atoms with E-state index in [2.05, 4.69) is 5.32 Å². The van der Waals surface area contributed by atoms with Crippen LogP contribution in [-0.2, 0) is 26.2 Å². The number of sulfonamides is 1. The molecular weight excluding hydrogens is 416 g/mol. The van der Waals surface area contributed by atoms with Crippen LogP contribution in [0.1, 0.15) is 18.4 Å². The molecule has 158 valence electrons. The molecule has 1 N–H and O–H groups in total. The van der Waals surface area contributed by atoms with Crippen molar-refractivity contribution in [2.75, 3.05) is 36.6 Å². The molecule has 0 fully saturated rings. The Kier molecular flexibility index (Phi) is 8.31. The standard InChI is InChI=1S/C20H25ClN2O5S/c1-27-14-15-6-4-7-17(12-15)22-20(24)8-5-11-23(29(3,25)26)18-13-16(21)9-10-19(18)28-2/h4,6-7,9-10,12-13H,5,8,11,14H2,1-3H3,(H,22,24). The van der Waals surface area contributed by atoms with Gasteiger partial charge in [-0.25, -0.2) is 8.42 Å². The fourth-order valence-corrected chi connectivity index (χ4v) is 3.96. The molecule has 0 saturated carbocycles.